The van der Waals surface area contributed by atoms with E-state index in [1.54, 1.807) is 0 Å². The van der Waals surface area contributed by atoms with E-state index in [1.807, 2.05) is 0 Å². The SMILES string of the molecule is CCC(N)Cc1ccc(N2CCOCC2(C)C)c(Br)c1. The summed E-state index contributed by atoms with van der Waals surface area (Å²) in [5, 5.41) is 0. The predicted octanol–water partition coefficient (Wildman–Crippen LogP) is 3.34. The van der Waals surface area contributed by atoms with Crippen LogP contribution in [0.5, 0.6) is 0 Å². The zero-order chi connectivity index (χ0) is 14.8. The summed E-state index contributed by atoms with van der Waals surface area (Å²) in [5.74, 6) is 0. The summed E-state index contributed by atoms with van der Waals surface area (Å²) in [6.07, 6.45) is 1.94. The number of halogens is 1. The van der Waals surface area contributed by atoms with Gasteiger partial charge in [0.1, 0.15) is 0 Å². The minimum Gasteiger partial charge on any atom is -0.377 e. The van der Waals surface area contributed by atoms with Crippen LogP contribution in [-0.4, -0.2) is 31.3 Å². The van der Waals surface area contributed by atoms with E-state index < -0.39 is 0 Å². The molecule has 2 N–H and O–H groups in total. The molecule has 0 aromatic heterocycles. The zero-order valence-corrected chi connectivity index (χ0v) is 14.2. The number of nitrogens with two attached hydrogens (primary N) is 1. The molecule has 0 radical (unpaired) electrons. The first kappa shape index (κ1) is 15.8. The summed E-state index contributed by atoms with van der Waals surface area (Å²) in [5.41, 5.74) is 8.60. The molecule has 2 rings (SSSR count). The highest BCUT2D eigenvalue weighted by Crippen LogP contribution is 2.33. The molecule has 1 aromatic carbocycles. The summed E-state index contributed by atoms with van der Waals surface area (Å²) >= 11 is 3.72. The minimum atomic E-state index is 0.0299. The fourth-order valence-corrected chi connectivity index (χ4v) is 3.29. The molecule has 0 amide bonds. The smallest absolute Gasteiger partial charge is 0.0694 e. The molecule has 1 unspecified atom stereocenters. The van der Waals surface area contributed by atoms with Crippen molar-refractivity contribution >= 4 is 21.6 Å². The van der Waals surface area contributed by atoms with E-state index in [0.717, 1.165) is 37.1 Å². The Labute approximate surface area is 130 Å². The number of ether oxygens (including phenoxy) is 1. The van der Waals surface area contributed by atoms with Crippen LogP contribution in [0.1, 0.15) is 32.8 Å². The van der Waals surface area contributed by atoms with Crippen molar-refractivity contribution in [3.63, 3.8) is 0 Å². The minimum absolute atomic E-state index is 0.0299. The molecule has 1 saturated heterocycles. The number of morpholine rings is 1. The Morgan fingerprint density at radius 3 is 2.80 bits per heavy atom. The normalized spacial score (nSPS) is 19.9. The third-order valence-electron chi connectivity index (χ3n) is 3.97. The summed E-state index contributed by atoms with van der Waals surface area (Å²) in [6.45, 7) is 9.06. The summed E-state index contributed by atoms with van der Waals surface area (Å²) in [4.78, 5) is 2.42. The lowest BCUT2D eigenvalue weighted by Crippen LogP contribution is -2.53. The quantitative estimate of drug-likeness (QED) is 0.913. The maximum atomic E-state index is 6.04. The third kappa shape index (κ3) is 3.54. The number of hydrogen-bond donors (Lipinski definition) is 1. The van der Waals surface area contributed by atoms with Gasteiger partial charge in [0, 0.05) is 17.1 Å². The number of benzene rings is 1. The topological polar surface area (TPSA) is 38.5 Å². The Bertz CT molecular complexity index is 462. The van der Waals surface area contributed by atoms with Gasteiger partial charge in [-0.25, -0.2) is 0 Å². The molecule has 0 aliphatic carbocycles. The Kier molecular flexibility index (Phi) is 5.10. The van der Waals surface area contributed by atoms with E-state index in [2.05, 4.69) is 59.8 Å². The maximum Gasteiger partial charge on any atom is 0.0694 e. The van der Waals surface area contributed by atoms with Gasteiger partial charge in [0.05, 0.1) is 24.4 Å². The lowest BCUT2D eigenvalue weighted by atomic mass is 10.00. The second-order valence-electron chi connectivity index (χ2n) is 6.17. The van der Waals surface area contributed by atoms with Crippen LogP contribution in [0, 0.1) is 0 Å². The van der Waals surface area contributed by atoms with Gasteiger partial charge in [0.25, 0.3) is 0 Å². The van der Waals surface area contributed by atoms with Gasteiger partial charge in [-0.05, 0) is 60.3 Å². The molecule has 1 aliphatic heterocycles. The molecular weight excluding hydrogens is 316 g/mol. The Morgan fingerprint density at radius 2 is 2.20 bits per heavy atom. The number of rotatable bonds is 4. The molecule has 1 heterocycles. The second kappa shape index (κ2) is 6.46. The highest BCUT2D eigenvalue weighted by molar-refractivity contribution is 9.10. The van der Waals surface area contributed by atoms with Crippen molar-refractivity contribution in [2.75, 3.05) is 24.7 Å². The Balaban J connectivity index is 2.21. The molecule has 112 valence electrons. The monoisotopic (exact) mass is 340 g/mol. The molecule has 1 aliphatic rings. The van der Waals surface area contributed by atoms with Gasteiger partial charge >= 0.3 is 0 Å². The van der Waals surface area contributed by atoms with E-state index >= 15 is 0 Å². The van der Waals surface area contributed by atoms with Gasteiger partial charge in [-0.2, -0.15) is 0 Å². The fraction of sp³-hybridized carbons (Fsp3) is 0.625. The van der Waals surface area contributed by atoms with Crippen LogP contribution in [-0.2, 0) is 11.2 Å². The van der Waals surface area contributed by atoms with Crippen molar-refractivity contribution in [1.82, 2.24) is 0 Å². The van der Waals surface area contributed by atoms with Crippen molar-refractivity contribution in [2.24, 2.45) is 5.73 Å². The summed E-state index contributed by atoms with van der Waals surface area (Å²) in [7, 11) is 0. The largest absolute Gasteiger partial charge is 0.377 e. The number of hydrogen-bond acceptors (Lipinski definition) is 3. The molecular formula is C16H25BrN2O. The molecule has 4 heteroatoms. The predicted molar refractivity (Wildman–Crippen MR) is 88.4 cm³/mol. The zero-order valence-electron chi connectivity index (χ0n) is 12.7. The van der Waals surface area contributed by atoms with E-state index in [4.69, 9.17) is 10.5 Å². The lowest BCUT2D eigenvalue weighted by molar-refractivity contribution is 0.0643. The first-order valence-corrected chi connectivity index (χ1v) is 8.12. The van der Waals surface area contributed by atoms with E-state index in [0.29, 0.717) is 0 Å². The lowest BCUT2D eigenvalue weighted by Gasteiger charge is -2.44. The standard InChI is InChI=1S/C16H25BrN2O/c1-4-13(18)9-12-5-6-15(14(17)10-12)19-7-8-20-11-16(19,2)3/h5-6,10,13H,4,7-9,11,18H2,1-3H3. The van der Waals surface area contributed by atoms with Crippen molar-refractivity contribution in [2.45, 2.75) is 45.2 Å². The molecule has 1 fully saturated rings. The van der Waals surface area contributed by atoms with Crippen molar-refractivity contribution < 1.29 is 4.74 Å². The molecule has 1 aromatic rings. The summed E-state index contributed by atoms with van der Waals surface area (Å²) in [6, 6.07) is 6.85. The van der Waals surface area contributed by atoms with Crippen LogP contribution < -0.4 is 10.6 Å². The van der Waals surface area contributed by atoms with E-state index in [1.165, 1.54) is 11.3 Å². The molecule has 1 atom stereocenters. The maximum absolute atomic E-state index is 6.04. The first-order valence-electron chi connectivity index (χ1n) is 7.33. The second-order valence-corrected chi connectivity index (χ2v) is 7.03. The van der Waals surface area contributed by atoms with E-state index in [9.17, 15) is 0 Å². The van der Waals surface area contributed by atoms with Crippen LogP contribution in [0.3, 0.4) is 0 Å². The summed E-state index contributed by atoms with van der Waals surface area (Å²) < 4.78 is 6.74. The van der Waals surface area contributed by atoms with Crippen LogP contribution in [0.4, 0.5) is 5.69 Å². The van der Waals surface area contributed by atoms with Gasteiger partial charge in [-0.15, -0.1) is 0 Å². The number of anilines is 1. The van der Waals surface area contributed by atoms with Gasteiger partial charge in [-0.1, -0.05) is 13.0 Å². The van der Waals surface area contributed by atoms with Crippen molar-refractivity contribution in [3.8, 4) is 0 Å². The highest BCUT2D eigenvalue weighted by Gasteiger charge is 2.31. The third-order valence-corrected chi connectivity index (χ3v) is 4.61. The average molecular weight is 341 g/mol. The van der Waals surface area contributed by atoms with Crippen molar-refractivity contribution in [3.05, 3.63) is 28.2 Å². The number of nitrogens with zero attached hydrogens (tertiary/aromatic N) is 1. The van der Waals surface area contributed by atoms with Gasteiger partial charge in [0.15, 0.2) is 0 Å². The van der Waals surface area contributed by atoms with Gasteiger partial charge in [0.2, 0.25) is 0 Å². The average Bonchev–Trinajstić information content (AvgIpc) is 2.39. The van der Waals surface area contributed by atoms with Crippen LogP contribution in [0.2, 0.25) is 0 Å². The highest BCUT2D eigenvalue weighted by atomic mass is 79.9. The van der Waals surface area contributed by atoms with Gasteiger partial charge in [-0.3, -0.25) is 0 Å². The molecule has 20 heavy (non-hydrogen) atoms. The first-order chi connectivity index (χ1) is 9.44. The van der Waals surface area contributed by atoms with Crippen LogP contribution >= 0.6 is 15.9 Å². The molecule has 0 saturated carbocycles. The molecule has 3 nitrogen and oxygen atoms in total. The molecule has 0 spiro atoms. The molecule has 0 bridgehead atoms. The Hall–Kier alpha value is -0.580. The van der Waals surface area contributed by atoms with Crippen LogP contribution in [0.15, 0.2) is 22.7 Å². The van der Waals surface area contributed by atoms with Gasteiger partial charge < -0.3 is 15.4 Å². The van der Waals surface area contributed by atoms with E-state index in [-0.39, 0.29) is 11.6 Å². The van der Waals surface area contributed by atoms with Crippen LogP contribution in [0.25, 0.3) is 0 Å². The fourth-order valence-electron chi connectivity index (χ4n) is 2.65. The Morgan fingerprint density at radius 1 is 1.45 bits per heavy atom. The van der Waals surface area contributed by atoms with Crippen molar-refractivity contribution in [1.29, 1.82) is 0 Å².